The van der Waals surface area contributed by atoms with Crippen molar-refractivity contribution < 1.29 is 4.79 Å². The maximum absolute atomic E-state index is 12.5. The molecule has 0 spiro atoms. The smallest absolute Gasteiger partial charge is 0.270 e. The fourth-order valence-corrected chi connectivity index (χ4v) is 2.87. The van der Waals surface area contributed by atoms with Crippen LogP contribution in [0, 0.1) is 6.92 Å². The van der Waals surface area contributed by atoms with Gasteiger partial charge in [0, 0.05) is 19.3 Å². The minimum atomic E-state index is -0.280. The largest absolute Gasteiger partial charge is 0.356 e. The minimum absolute atomic E-state index is 0.167. The number of aldehydes is 1. The van der Waals surface area contributed by atoms with Crippen molar-refractivity contribution in [2.24, 2.45) is 0 Å². The van der Waals surface area contributed by atoms with Crippen molar-refractivity contribution in [3.8, 4) is 0 Å². The van der Waals surface area contributed by atoms with E-state index in [2.05, 4.69) is 9.88 Å². The Balaban J connectivity index is 2.19. The summed E-state index contributed by atoms with van der Waals surface area (Å²) in [6.07, 6.45) is 6.91. The molecular formula is C16H19N3O2. The molecule has 1 fully saturated rings. The molecule has 0 atom stereocenters. The molecule has 3 heterocycles. The Morgan fingerprint density at radius 2 is 1.86 bits per heavy atom. The number of carbonyl (C=O) groups excluding carboxylic acids is 1. The summed E-state index contributed by atoms with van der Waals surface area (Å²) >= 11 is 0. The maximum Gasteiger partial charge on any atom is 0.270 e. The molecule has 1 aliphatic heterocycles. The van der Waals surface area contributed by atoms with Gasteiger partial charge in [-0.2, -0.15) is 0 Å². The van der Waals surface area contributed by atoms with E-state index in [4.69, 9.17) is 0 Å². The summed E-state index contributed by atoms with van der Waals surface area (Å²) < 4.78 is 1.46. The van der Waals surface area contributed by atoms with Crippen LogP contribution >= 0.6 is 0 Å². The summed E-state index contributed by atoms with van der Waals surface area (Å²) in [5, 5.41) is 0. The van der Waals surface area contributed by atoms with E-state index in [1.807, 2.05) is 19.1 Å². The molecule has 0 bridgehead atoms. The van der Waals surface area contributed by atoms with Gasteiger partial charge in [-0.1, -0.05) is 18.9 Å². The fraction of sp³-hybridized carbons (Fsp3) is 0.438. The van der Waals surface area contributed by atoms with Crippen LogP contribution in [0.25, 0.3) is 5.65 Å². The second kappa shape index (κ2) is 5.68. The Hall–Kier alpha value is -2.17. The van der Waals surface area contributed by atoms with Crippen LogP contribution in [0.2, 0.25) is 0 Å². The van der Waals surface area contributed by atoms with E-state index in [1.54, 1.807) is 6.20 Å². The lowest BCUT2D eigenvalue weighted by molar-refractivity contribution is 0.112. The highest BCUT2D eigenvalue weighted by Gasteiger charge is 2.19. The molecular weight excluding hydrogens is 266 g/mol. The quantitative estimate of drug-likeness (QED) is 0.794. The number of anilines is 1. The number of pyridine rings is 1. The van der Waals surface area contributed by atoms with E-state index in [0.717, 1.165) is 31.5 Å². The van der Waals surface area contributed by atoms with Crippen LogP contribution in [0.5, 0.6) is 0 Å². The highest BCUT2D eigenvalue weighted by Crippen LogP contribution is 2.19. The lowest BCUT2D eigenvalue weighted by Gasteiger charge is -2.23. The number of hydrogen-bond donors (Lipinski definition) is 0. The van der Waals surface area contributed by atoms with E-state index < -0.39 is 0 Å². The molecule has 21 heavy (non-hydrogen) atoms. The molecule has 0 aliphatic carbocycles. The Labute approximate surface area is 123 Å². The van der Waals surface area contributed by atoms with E-state index in [9.17, 15) is 9.59 Å². The normalized spacial score (nSPS) is 16.0. The van der Waals surface area contributed by atoms with Gasteiger partial charge in [-0.05, 0) is 31.4 Å². The Bertz CT molecular complexity index is 728. The fourth-order valence-electron chi connectivity index (χ4n) is 2.87. The van der Waals surface area contributed by atoms with E-state index >= 15 is 0 Å². The summed E-state index contributed by atoms with van der Waals surface area (Å²) in [5.74, 6) is 0.542. The number of aromatic nitrogens is 2. The molecule has 1 saturated heterocycles. The number of hydrogen-bond acceptors (Lipinski definition) is 4. The van der Waals surface area contributed by atoms with Crippen molar-refractivity contribution in [1.29, 1.82) is 0 Å². The number of aryl methyl sites for hydroxylation is 1. The Morgan fingerprint density at radius 3 is 2.52 bits per heavy atom. The molecule has 5 heteroatoms. The average Bonchev–Trinajstić information content (AvgIpc) is 2.77. The molecule has 2 aromatic rings. The van der Waals surface area contributed by atoms with Gasteiger partial charge in [-0.25, -0.2) is 4.98 Å². The van der Waals surface area contributed by atoms with Crippen molar-refractivity contribution in [3.63, 3.8) is 0 Å². The van der Waals surface area contributed by atoms with Crippen molar-refractivity contribution >= 4 is 17.8 Å². The molecule has 0 N–H and O–H groups in total. The molecule has 0 aromatic carbocycles. The first-order valence-electron chi connectivity index (χ1n) is 7.44. The van der Waals surface area contributed by atoms with Crippen LogP contribution in [-0.4, -0.2) is 28.8 Å². The van der Waals surface area contributed by atoms with Gasteiger partial charge in [0.25, 0.3) is 5.56 Å². The predicted octanol–water partition coefficient (Wildman–Crippen LogP) is 2.20. The predicted molar refractivity (Wildman–Crippen MR) is 82.3 cm³/mol. The second-order valence-corrected chi connectivity index (χ2v) is 5.61. The number of rotatable bonds is 2. The summed E-state index contributed by atoms with van der Waals surface area (Å²) in [6, 6.07) is 3.75. The van der Waals surface area contributed by atoms with Gasteiger partial charge in [-0.15, -0.1) is 0 Å². The van der Waals surface area contributed by atoms with Crippen LogP contribution in [0.3, 0.4) is 0 Å². The highest BCUT2D eigenvalue weighted by atomic mass is 16.1. The summed E-state index contributed by atoms with van der Waals surface area (Å²) in [6.45, 7) is 3.62. The van der Waals surface area contributed by atoms with Gasteiger partial charge in [-0.3, -0.25) is 14.0 Å². The Kier molecular flexibility index (Phi) is 3.73. The summed E-state index contributed by atoms with van der Waals surface area (Å²) in [7, 11) is 0. The number of nitrogens with zero attached hydrogens (tertiary/aromatic N) is 3. The third-order valence-corrected chi connectivity index (χ3v) is 4.01. The standard InChI is InChI=1S/C16H19N3O2/c1-12-6-7-14-17-15(18-8-4-2-3-5-9-18)13(11-20)16(21)19(14)10-12/h6-7,10-11H,2-5,8-9H2,1H3. The molecule has 0 amide bonds. The van der Waals surface area contributed by atoms with Crippen LogP contribution in [0.4, 0.5) is 5.82 Å². The van der Waals surface area contributed by atoms with Crippen LogP contribution in [0.15, 0.2) is 23.1 Å². The topological polar surface area (TPSA) is 54.7 Å². The van der Waals surface area contributed by atoms with E-state index in [-0.39, 0.29) is 11.1 Å². The minimum Gasteiger partial charge on any atom is -0.356 e. The molecule has 3 rings (SSSR count). The van der Waals surface area contributed by atoms with Crippen LogP contribution in [0.1, 0.15) is 41.6 Å². The van der Waals surface area contributed by atoms with Gasteiger partial charge in [0.2, 0.25) is 0 Å². The molecule has 110 valence electrons. The molecule has 2 aromatic heterocycles. The lowest BCUT2D eigenvalue weighted by Crippen LogP contribution is -2.31. The lowest BCUT2D eigenvalue weighted by atomic mass is 10.2. The zero-order valence-corrected chi connectivity index (χ0v) is 12.2. The van der Waals surface area contributed by atoms with Crippen LogP contribution < -0.4 is 10.5 Å². The zero-order chi connectivity index (χ0) is 14.8. The summed E-state index contributed by atoms with van der Waals surface area (Å²) in [4.78, 5) is 30.6. The molecule has 0 radical (unpaired) electrons. The van der Waals surface area contributed by atoms with Gasteiger partial charge < -0.3 is 4.90 Å². The third kappa shape index (κ3) is 2.55. The Morgan fingerprint density at radius 1 is 1.14 bits per heavy atom. The van der Waals surface area contributed by atoms with Gasteiger partial charge in [0.05, 0.1) is 0 Å². The average molecular weight is 285 g/mol. The van der Waals surface area contributed by atoms with Crippen molar-refractivity contribution in [1.82, 2.24) is 9.38 Å². The first kappa shape index (κ1) is 13.8. The van der Waals surface area contributed by atoms with Gasteiger partial charge in [0.1, 0.15) is 17.0 Å². The second-order valence-electron chi connectivity index (χ2n) is 5.61. The maximum atomic E-state index is 12.5. The number of fused-ring (bicyclic) bond motifs is 1. The van der Waals surface area contributed by atoms with E-state index in [0.29, 0.717) is 17.8 Å². The van der Waals surface area contributed by atoms with Crippen molar-refractivity contribution in [2.45, 2.75) is 32.6 Å². The monoisotopic (exact) mass is 285 g/mol. The number of carbonyl (C=O) groups is 1. The van der Waals surface area contributed by atoms with Crippen molar-refractivity contribution in [3.05, 3.63) is 39.8 Å². The molecule has 1 aliphatic rings. The molecule has 0 unspecified atom stereocenters. The summed E-state index contributed by atoms with van der Waals surface area (Å²) in [5.41, 5.74) is 1.44. The van der Waals surface area contributed by atoms with Crippen LogP contribution in [-0.2, 0) is 0 Å². The first-order valence-corrected chi connectivity index (χ1v) is 7.44. The van der Waals surface area contributed by atoms with Gasteiger partial charge >= 0.3 is 0 Å². The highest BCUT2D eigenvalue weighted by molar-refractivity contribution is 5.83. The SMILES string of the molecule is Cc1ccc2nc(N3CCCCCC3)c(C=O)c(=O)n2c1. The molecule has 0 saturated carbocycles. The van der Waals surface area contributed by atoms with Crippen molar-refractivity contribution in [2.75, 3.05) is 18.0 Å². The first-order chi connectivity index (χ1) is 10.2. The molecule has 5 nitrogen and oxygen atoms in total. The zero-order valence-electron chi connectivity index (χ0n) is 12.2. The van der Waals surface area contributed by atoms with E-state index in [1.165, 1.54) is 17.2 Å². The third-order valence-electron chi connectivity index (χ3n) is 4.01. The van der Waals surface area contributed by atoms with Gasteiger partial charge in [0.15, 0.2) is 6.29 Å².